The second-order valence-corrected chi connectivity index (χ2v) is 9.47. The third-order valence-electron chi connectivity index (χ3n) is 2.28. The van der Waals surface area contributed by atoms with Crippen molar-refractivity contribution in [1.82, 2.24) is 0 Å². The fraction of sp³-hybridized carbons (Fsp3) is 0.500. The molecule has 17 heavy (non-hydrogen) atoms. The van der Waals surface area contributed by atoms with Crippen molar-refractivity contribution in [2.24, 2.45) is 5.11 Å². The van der Waals surface area contributed by atoms with E-state index in [-0.39, 0.29) is 12.1 Å². The van der Waals surface area contributed by atoms with Crippen LogP contribution in [0.1, 0.15) is 18.6 Å². The van der Waals surface area contributed by atoms with E-state index in [0.29, 0.717) is 0 Å². The van der Waals surface area contributed by atoms with Crippen LogP contribution in [-0.2, 0) is 4.43 Å². The van der Waals surface area contributed by atoms with Crippen molar-refractivity contribution in [3.05, 3.63) is 46.3 Å². The second kappa shape index (κ2) is 5.86. The zero-order chi connectivity index (χ0) is 12.9. The Morgan fingerprint density at radius 1 is 1.24 bits per heavy atom. The molecule has 4 nitrogen and oxygen atoms in total. The molecule has 0 saturated heterocycles. The summed E-state index contributed by atoms with van der Waals surface area (Å²) in [5.74, 6) is 0. The first-order chi connectivity index (χ1) is 7.94. The summed E-state index contributed by atoms with van der Waals surface area (Å²) in [5.41, 5.74) is 9.61. The van der Waals surface area contributed by atoms with Crippen LogP contribution in [0.2, 0.25) is 19.6 Å². The molecule has 0 unspecified atom stereocenters. The Bertz CT molecular complexity index is 396. The van der Waals surface area contributed by atoms with E-state index in [0.717, 1.165) is 5.56 Å². The van der Waals surface area contributed by atoms with E-state index in [2.05, 4.69) is 29.7 Å². The lowest BCUT2D eigenvalue weighted by atomic mass is 10.0. The fourth-order valence-corrected chi connectivity index (χ4v) is 2.71. The van der Waals surface area contributed by atoms with E-state index in [1.165, 1.54) is 0 Å². The van der Waals surface area contributed by atoms with Crippen molar-refractivity contribution in [2.45, 2.75) is 38.7 Å². The third kappa shape index (κ3) is 4.61. The minimum Gasteiger partial charge on any atom is -0.410 e. The molecule has 5 heteroatoms. The summed E-state index contributed by atoms with van der Waals surface area (Å²) >= 11 is 0. The lowest BCUT2D eigenvalue weighted by molar-refractivity contribution is 0.173. The van der Waals surface area contributed by atoms with Crippen LogP contribution in [0.3, 0.4) is 0 Å². The fourth-order valence-electron chi connectivity index (χ4n) is 1.61. The molecule has 0 radical (unpaired) electrons. The van der Waals surface area contributed by atoms with Gasteiger partial charge in [0, 0.05) is 4.91 Å². The van der Waals surface area contributed by atoms with Crippen LogP contribution in [0.5, 0.6) is 0 Å². The zero-order valence-corrected chi connectivity index (χ0v) is 11.8. The van der Waals surface area contributed by atoms with E-state index < -0.39 is 8.32 Å². The van der Waals surface area contributed by atoms with E-state index in [9.17, 15) is 0 Å². The molecule has 0 aliphatic rings. The normalized spacial score (nSPS) is 14.8. The predicted octanol–water partition coefficient (Wildman–Crippen LogP) is 4.28. The molecule has 2 atom stereocenters. The zero-order valence-electron chi connectivity index (χ0n) is 10.8. The van der Waals surface area contributed by atoms with Gasteiger partial charge in [-0.2, -0.15) is 0 Å². The molecule has 0 fully saturated rings. The Morgan fingerprint density at radius 3 is 2.29 bits per heavy atom. The van der Waals surface area contributed by atoms with Gasteiger partial charge < -0.3 is 4.43 Å². The number of rotatable bonds is 5. The number of nitrogens with zero attached hydrogens (tertiary/aromatic N) is 3. The molecule has 0 spiro atoms. The minimum absolute atomic E-state index is 0.154. The Labute approximate surface area is 103 Å². The van der Waals surface area contributed by atoms with Crippen molar-refractivity contribution >= 4 is 8.32 Å². The van der Waals surface area contributed by atoms with Gasteiger partial charge in [0.15, 0.2) is 8.32 Å². The molecule has 0 bridgehead atoms. The van der Waals surface area contributed by atoms with Gasteiger partial charge in [-0.3, -0.25) is 0 Å². The van der Waals surface area contributed by atoms with Crippen LogP contribution < -0.4 is 0 Å². The number of hydrogen-bond donors (Lipinski definition) is 0. The summed E-state index contributed by atoms with van der Waals surface area (Å²) < 4.78 is 6.11. The highest BCUT2D eigenvalue weighted by Crippen LogP contribution is 2.27. The molecular formula is C12H19N3OSi. The summed E-state index contributed by atoms with van der Waals surface area (Å²) in [4.78, 5) is 2.87. The van der Waals surface area contributed by atoms with Crippen LogP contribution in [0.4, 0.5) is 0 Å². The largest absolute Gasteiger partial charge is 0.410 e. The molecule has 0 aliphatic heterocycles. The molecule has 0 amide bonds. The van der Waals surface area contributed by atoms with E-state index in [4.69, 9.17) is 9.96 Å². The van der Waals surface area contributed by atoms with Gasteiger partial charge in [0.05, 0.1) is 12.1 Å². The standard InChI is InChI=1S/C12H19N3OSi/c1-10(14-15-13)12(16-17(2,3)4)11-8-6-5-7-9-11/h5-10,12H,1-4H3/t10-,12+/m0/s1. The predicted molar refractivity (Wildman–Crippen MR) is 72.2 cm³/mol. The Morgan fingerprint density at radius 2 is 1.82 bits per heavy atom. The number of hydrogen-bond acceptors (Lipinski definition) is 2. The first-order valence-electron chi connectivity index (χ1n) is 5.71. The molecular weight excluding hydrogens is 230 g/mol. The molecule has 1 rings (SSSR count). The van der Waals surface area contributed by atoms with Crippen molar-refractivity contribution in [3.8, 4) is 0 Å². The Hall–Kier alpha value is -1.29. The molecule has 0 N–H and O–H groups in total. The quantitative estimate of drug-likeness (QED) is 0.332. The van der Waals surface area contributed by atoms with Crippen molar-refractivity contribution in [3.63, 3.8) is 0 Å². The summed E-state index contributed by atoms with van der Waals surface area (Å²) in [6, 6.07) is 9.72. The Kier molecular flexibility index (Phi) is 4.75. The van der Waals surface area contributed by atoms with Gasteiger partial charge in [-0.05, 0) is 30.7 Å². The number of benzene rings is 1. The lowest BCUT2D eigenvalue weighted by Crippen LogP contribution is -2.31. The van der Waals surface area contributed by atoms with Crippen molar-refractivity contribution < 1.29 is 4.43 Å². The molecule has 0 aromatic heterocycles. The van der Waals surface area contributed by atoms with Gasteiger partial charge in [0.25, 0.3) is 0 Å². The minimum atomic E-state index is -1.68. The second-order valence-electron chi connectivity index (χ2n) is 5.01. The van der Waals surface area contributed by atoms with Crippen LogP contribution in [0, 0.1) is 0 Å². The van der Waals surface area contributed by atoms with Crippen molar-refractivity contribution in [2.75, 3.05) is 0 Å². The average Bonchev–Trinajstić information content (AvgIpc) is 2.26. The highest BCUT2D eigenvalue weighted by atomic mass is 28.4. The molecule has 0 saturated carbocycles. The van der Waals surface area contributed by atoms with Crippen molar-refractivity contribution in [1.29, 1.82) is 0 Å². The molecule has 92 valence electrons. The Balaban J connectivity index is 2.98. The summed E-state index contributed by atoms with van der Waals surface area (Å²) in [5, 5.41) is 3.76. The average molecular weight is 249 g/mol. The van der Waals surface area contributed by atoms with Gasteiger partial charge in [0.1, 0.15) is 0 Å². The van der Waals surface area contributed by atoms with Gasteiger partial charge in [0.2, 0.25) is 0 Å². The molecule has 1 aromatic carbocycles. The monoisotopic (exact) mass is 249 g/mol. The number of azide groups is 1. The van der Waals surface area contributed by atoms with Gasteiger partial charge in [-0.15, -0.1) is 0 Å². The maximum Gasteiger partial charge on any atom is 0.184 e. The lowest BCUT2D eigenvalue weighted by Gasteiger charge is -2.29. The molecule has 0 aliphatic carbocycles. The van der Waals surface area contributed by atoms with Gasteiger partial charge >= 0.3 is 0 Å². The summed E-state index contributed by atoms with van der Waals surface area (Å²) in [6.07, 6.45) is -0.154. The van der Waals surface area contributed by atoms with E-state index in [1.54, 1.807) is 0 Å². The van der Waals surface area contributed by atoms with Gasteiger partial charge in [-0.1, -0.05) is 42.4 Å². The first kappa shape index (κ1) is 13.8. The summed E-state index contributed by atoms with van der Waals surface area (Å²) in [6.45, 7) is 8.28. The van der Waals surface area contributed by atoms with Crippen LogP contribution >= 0.6 is 0 Å². The maximum atomic E-state index is 8.54. The first-order valence-corrected chi connectivity index (χ1v) is 9.12. The topological polar surface area (TPSA) is 58.0 Å². The highest BCUT2D eigenvalue weighted by Gasteiger charge is 2.26. The maximum absolute atomic E-state index is 8.54. The summed E-state index contributed by atoms with van der Waals surface area (Å²) in [7, 11) is -1.68. The van der Waals surface area contributed by atoms with Gasteiger partial charge in [-0.25, -0.2) is 0 Å². The van der Waals surface area contributed by atoms with Crippen LogP contribution in [-0.4, -0.2) is 14.4 Å². The molecule has 0 heterocycles. The molecule has 1 aromatic rings. The smallest absolute Gasteiger partial charge is 0.184 e. The van der Waals surface area contributed by atoms with Crippen LogP contribution in [0.25, 0.3) is 10.4 Å². The SMILES string of the molecule is C[C@H](N=[N+]=[N-])[C@@H](O[Si](C)(C)C)c1ccccc1. The van der Waals surface area contributed by atoms with E-state index in [1.807, 2.05) is 37.3 Å². The van der Waals surface area contributed by atoms with Crippen LogP contribution in [0.15, 0.2) is 35.4 Å². The highest BCUT2D eigenvalue weighted by molar-refractivity contribution is 6.69. The van der Waals surface area contributed by atoms with E-state index >= 15 is 0 Å². The third-order valence-corrected chi connectivity index (χ3v) is 3.24.